The topological polar surface area (TPSA) is 37.4 Å². The molecule has 20 heavy (non-hydrogen) atoms. The Kier molecular flexibility index (Phi) is 4.11. The van der Waals surface area contributed by atoms with Crippen LogP contribution in [0.3, 0.4) is 0 Å². The van der Waals surface area contributed by atoms with Gasteiger partial charge in [-0.05, 0) is 30.7 Å². The minimum absolute atomic E-state index is 0.118. The number of ketones is 1. The molecule has 0 aliphatic carbocycles. The van der Waals surface area contributed by atoms with Crippen LogP contribution < -0.4 is 0 Å². The summed E-state index contributed by atoms with van der Waals surface area (Å²) >= 11 is 0. The third-order valence-electron chi connectivity index (χ3n) is 3.29. The number of nitrogens with zero attached hydrogens (tertiary/aromatic N) is 1. The molecule has 1 heterocycles. The second-order valence-electron chi connectivity index (χ2n) is 4.76. The number of rotatable bonds is 1. The first-order valence-electron chi connectivity index (χ1n) is 6.36. The van der Waals surface area contributed by atoms with Gasteiger partial charge >= 0.3 is 6.18 Å². The van der Waals surface area contributed by atoms with Crippen LogP contribution in [-0.4, -0.2) is 29.7 Å². The molecule has 0 saturated carbocycles. The predicted molar refractivity (Wildman–Crippen MR) is 66.2 cm³/mol. The van der Waals surface area contributed by atoms with Crippen molar-refractivity contribution >= 4 is 11.7 Å². The summed E-state index contributed by atoms with van der Waals surface area (Å²) in [6.07, 6.45) is -3.04. The Morgan fingerprint density at radius 1 is 1.05 bits per heavy atom. The van der Waals surface area contributed by atoms with Crippen LogP contribution >= 0.6 is 0 Å². The van der Waals surface area contributed by atoms with E-state index in [4.69, 9.17) is 0 Å². The Labute approximate surface area is 114 Å². The minimum atomic E-state index is -4.41. The van der Waals surface area contributed by atoms with E-state index in [-0.39, 0.29) is 17.3 Å². The van der Waals surface area contributed by atoms with Gasteiger partial charge in [0.25, 0.3) is 5.91 Å². The lowest BCUT2D eigenvalue weighted by Gasteiger charge is -2.20. The van der Waals surface area contributed by atoms with Gasteiger partial charge in [0.1, 0.15) is 5.78 Å². The van der Waals surface area contributed by atoms with Crippen LogP contribution in [0.15, 0.2) is 24.3 Å². The predicted octanol–water partition coefficient (Wildman–Crippen LogP) is 2.90. The smallest absolute Gasteiger partial charge is 0.338 e. The molecule has 1 amide bonds. The lowest BCUT2D eigenvalue weighted by molar-refractivity contribution is -0.137. The molecule has 0 bridgehead atoms. The molecule has 1 aliphatic heterocycles. The number of amides is 1. The molecule has 1 aliphatic rings. The van der Waals surface area contributed by atoms with Gasteiger partial charge in [-0.25, -0.2) is 0 Å². The van der Waals surface area contributed by atoms with Crippen molar-refractivity contribution in [1.29, 1.82) is 0 Å². The second kappa shape index (κ2) is 5.64. The number of hydrogen-bond acceptors (Lipinski definition) is 2. The fourth-order valence-electron chi connectivity index (χ4n) is 2.15. The highest BCUT2D eigenvalue weighted by atomic mass is 19.4. The van der Waals surface area contributed by atoms with Gasteiger partial charge in [0.15, 0.2) is 0 Å². The summed E-state index contributed by atoms with van der Waals surface area (Å²) in [7, 11) is 0. The first-order chi connectivity index (χ1) is 9.38. The Hall–Kier alpha value is -1.85. The van der Waals surface area contributed by atoms with Gasteiger partial charge in [0.05, 0.1) is 5.56 Å². The minimum Gasteiger partial charge on any atom is -0.338 e. The van der Waals surface area contributed by atoms with E-state index in [0.717, 1.165) is 12.1 Å². The van der Waals surface area contributed by atoms with E-state index in [9.17, 15) is 22.8 Å². The molecule has 0 aromatic heterocycles. The lowest BCUT2D eigenvalue weighted by Crippen LogP contribution is -2.32. The molecule has 1 aromatic carbocycles. The molecule has 0 spiro atoms. The molecule has 1 aromatic rings. The van der Waals surface area contributed by atoms with E-state index in [1.165, 1.54) is 17.0 Å². The van der Waals surface area contributed by atoms with Crippen LogP contribution in [0, 0.1) is 0 Å². The summed E-state index contributed by atoms with van der Waals surface area (Å²) in [6, 6.07) is 4.15. The van der Waals surface area contributed by atoms with Crippen molar-refractivity contribution in [2.45, 2.75) is 25.4 Å². The van der Waals surface area contributed by atoms with Gasteiger partial charge < -0.3 is 4.90 Å². The number of likely N-dealkylation sites (tertiary alicyclic amines) is 1. The fraction of sp³-hybridized carbons (Fsp3) is 0.429. The lowest BCUT2D eigenvalue weighted by atomic mass is 10.1. The van der Waals surface area contributed by atoms with Crippen LogP contribution in [0.2, 0.25) is 0 Å². The van der Waals surface area contributed by atoms with Crippen LogP contribution in [0.5, 0.6) is 0 Å². The molecule has 0 atom stereocenters. The Morgan fingerprint density at radius 3 is 2.30 bits per heavy atom. The highest BCUT2D eigenvalue weighted by molar-refractivity contribution is 5.94. The number of Topliss-reactive ketones (excluding diaryl/α,β-unsaturated/α-hetero) is 1. The van der Waals surface area contributed by atoms with Gasteiger partial charge in [-0.15, -0.1) is 0 Å². The number of hydrogen-bond donors (Lipinski definition) is 0. The van der Waals surface area contributed by atoms with Crippen LogP contribution in [0.4, 0.5) is 13.2 Å². The van der Waals surface area contributed by atoms with Gasteiger partial charge in [-0.2, -0.15) is 13.2 Å². The van der Waals surface area contributed by atoms with Crippen molar-refractivity contribution in [3.05, 3.63) is 35.4 Å². The second-order valence-corrected chi connectivity index (χ2v) is 4.76. The molecule has 6 heteroatoms. The summed E-state index contributed by atoms with van der Waals surface area (Å²) in [4.78, 5) is 25.0. The summed E-state index contributed by atoms with van der Waals surface area (Å²) < 4.78 is 37.3. The SMILES string of the molecule is O=C1CCCN(C(=O)c2ccc(C(F)(F)F)cc2)CC1. The quantitative estimate of drug-likeness (QED) is 0.795. The third-order valence-corrected chi connectivity index (χ3v) is 3.29. The highest BCUT2D eigenvalue weighted by Gasteiger charge is 2.30. The molecular formula is C14H14F3NO2. The number of carbonyl (C=O) groups is 2. The highest BCUT2D eigenvalue weighted by Crippen LogP contribution is 2.29. The van der Waals surface area contributed by atoms with Crippen molar-refractivity contribution in [2.24, 2.45) is 0 Å². The molecule has 0 radical (unpaired) electrons. The van der Waals surface area contributed by atoms with Gasteiger partial charge in [-0.1, -0.05) is 0 Å². The summed E-state index contributed by atoms with van der Waals surface area (Å²) in [5.74, 6) is -0.207. The average molecular weight is 285 g/mol. The van der Waals surface area contributed by atoms with Crippen molar-refractivity contribution in [3.63, 3.8) is 0 Å². The van der Waals surface area contributed by atoms with E-state index >= 15 is 0 Å². The van der Waals surface area contributed by atoms with Crippen LogP contribution in [-0.2, 0) is 11.0 Å². The van der Waals surface area contributed by atoms with Crippen molar-refractivity contribution in [1.82, 2.24) is 4.90 Å². The number of benzene rings is 1. The summed E-state index contributed by atoms with van der Waals surface area (Å²) in [5, 5.41) is 0. The molecule has 0 N–H and O–H groups in total. The van der Waals surface area contributed by atoms with Gasteiger partial charge in [-0.3, -0.25) is 9.59 Å². The van der Waals surface area contributed by atoms with E-state index in [2.05, 4.69) is 0 Å². The molecule has 0 unspecified atom stereocenters. The average Bonchev–Trinajstić information content (AvgIpc) is 2.62. The van der Waals surface area contributed by atoms with Crippen molar-refractivity contribution in [2.75, 3.05) is 13.1 Å². The Bertz CT molecular complexity index is 508. The van der Waals surface area contributed by atoms with Crippen molar-refractivity contribution in [3.8, 4) is 0 Å². The van der Waals surface area contributed by atoms with Crippen LogP contribution in [0.25, 0.3) is 0 Å². The monoisotopic (exact) mass is 285 g/mol. The number of halogens is 3. The van der Waals surface area contributed by atoms with Crippen LogP contribution in [0.1, 0.15) is 35.2 Å². The maximum absolute atomic E-state index is 12.4. The zero-order valence-electron chi connectivity index (χ0n) is 10.7. The largest absolute Gasteiger partial charge is 0.416 e. The standard InChI is InChI=1S/C14H14F3NO2/c15-14(16,17)11-5-3-10(4-6-11)13(20)18-8-1-2-12(19)7-9-18/h3-6H,1-2,7-9H2. The number of alkyl halides is 3. The summed E-state index contributed by atoms with van der Waals surface area (Å²) in [5.41, 5.74) is -0.563. The maximum atomic E-state index is 12.4. The molecule has 1 saturated heterocycles. The van der Waals surface area contributed by atoms with E-state index in [1.807, 2.05) is 0 Å². The fourth-order valence-corrected chi connectivity index (χ4v) is 2.15. The molecule has 1 fully saturated rings. The Balaban J connectivity index is 2.11. The summed E-state index contributed by atoms with van der Waals surface area (Å²) in [6.45, 7) is 0.796. The first-order valence-corrected chi connectivity index (χ1v) is 6.36. The molecular weight excluding hydrogens is 271 g/mol. The molecule has 3 nitrogen and oxygen atoms in total. The van der Waals surface area contributed by atoms with Crippen molar-refractivity contribution < 1.29 is 22.8 Å². The normalized spacial score (nSPS) is 16.9. The molecule has 2 rings (SSSR count). The first kappa shape index (κ1) is 14.6. The van der Waals surface area contributed by atoms with E-state index < -0.39 is 11.7 Å². The van der Waals surface area contributed by atoms with E-state index in [1.54, 1.807) is 0 Å². The van der Waals surface area contributed by atoms with Gasteiger partial charge in [0.2, 0.25) is 0 Å². The third kappa shape index (κ3) is 3.37. The number of carbonyl (C=O) groups excluding carboxylic acids is 2. The zero-order chi connectivity index (χ0) is 14.8. The Morgan fingerprint density at radius 2 is 1.70 bits per heavy atom. The van der Waals surface area contributed by atoms with Gasteiger partial charge in [0, 0.05) is 31.5 Å². The molecule has 108 valence electrons. The van der Waals surface area contributed by atoms with E-state index in [0.29, 0.717) is 32.4 Å². The maximum Gasteiger partial charge on any atom is 0.416 e. The zero-order valence-corrected chi connectivity index (χ0v) is 10.7.